The van der Waals surface area contributed by atoms with Crippen molar-refractivity contribution in [3.05, 3.63) is 72.1 Å². The van der Waals surface area contributed by atoms with Gasteiger partial charge in [-0.05, 0) is 42.3 Å². The molecule has 0 saturated heterocycles. The molecule has 0 bridgehead atoms. The van der Waals surface area contributed by atoms with Crippen LogP contribution in [0.5, 0.6) is 11.5 Å². The van der Waals surface area contributed by atoms with Crippen LogP contribution in [0, 0.1) is 0 Å². The van der Waals surface area contributed by atoms with Gasteiger partial charge in [-0.25, -0.2) is 9.97 Å². The first-order valence-electron chi connectivity index (χ1n) is 8.84. The van der Waals surface area contributed by atoms with Gasteiger partial charge in [-0.15, -0.1) is 0 Å². The molecule has 2 aromatic carbocycles. The molecule has 0 fully saturated rings. The zero-order valence-corrected chi connectivity index (χ0v) is 15.8. The molecule has 0 atom stereocenters. The summed E-state index contributed by atoms with van der Waals surface area (Å²) >= 11 is 0. The van der Waals surface area contributed by atoms with E-state index in [0.717, 1.165) is 12.2 Å². The van der Waals surface area contributed by atoms with Gasteiger partial charge in [-0.2, -0.15) is 0 Å². The van der Waals surface area contributed by atoms with Gasteiger partial charge >= 0.3 is 0 Å². The predicted molar refractivity (Wildman–Crippen MR) is 108 cm³/mol. The van der Waals surface area contributed by atoms with Crippen LogP contribution in [0.3, 0.4) is 0 Å². The second-order valence-electron chi connectivity index (χ2n) is 5.94. The first-order chi connectivity index (χ1) is 13.7. The highest BCUT2D eigenvalue weighted by Crippen LogP contribution is 2.23. The summed E-state index contributed by atoms with van der Waals surface area (Å²) in [6, 6.07) is 16.7. The molecule has 0 aliphatic heterocycles. The van der Waals surface area contributed by atoms with Crippen LogP contribution in [0.15, 0.2) is 60.8 Å². The molecule has 1 heterocycles. The van der Waals surface area contributed by atoms with Crippen LogP contribution >= 0.6 is 0 Å². The highest BCUT2D eigenvalue weighted by atomic mass is 16.5. The lowest BCUT2D eigenvalue weighted by Gasteiger charge is -2.10. The predicted octanol–water partition coefficient (Wildman–Crippen LogP) is 3.40. The molecule has 0 saturated carbocycles. The average molecular weight is 378 g/mol. The fourth-order valence-corrected chi connectivity index (χ4v) is 2.62. The summed E-state index contributed by atoms with van der Waals surface area (Å²) in [5, 5.41) is 5.95. The average Bonchev–Trinajstić information content (AvgIpc) is 2.75. The molecule has 0 aliphatic carbocycles. The van der Waals surface area contributed by atoms with Gasteiger partial charge in [-0.1, -0.05) is 24.3 Å². The SMILES string of the molecule is COc1ccc(CCNc2nccc(C(=O)Nc3ccccc3OC)n2)cc1. The van der Waals surface area contributed by atoms with Crippen molar-refractivity contribution in [2.75, 3.05) is 31.4 Å². The summed E-state index contributed by atoms with van der Waals surface area (Å²) in [6.45, 7) is 0.643. The number of ether oxygens (including phenoxy) is 2. The molecule has 0 aliphatic rings. The third-order valence-electron chi connectivity index (χ3n) is 4.10. The van der Waals surface area contributed by atoms with E-state index in [1.807, 2.05) is 36.4 Å². The van der Waals surface area contributed by atoms with Crippen LogP contribution in [0.1, 0.15) is 16.1 Å². The van der Waals surface area contributed by atoms with Crippen molar-refractivity contribution in [3.63, 3.8) is 0 Å². The van der Waals surface area contributed by atoms with Crippen LogP contribution in [-0.2, 0) is 6.42 Å². The van der Waals surface area contributed by atoms with Crippen LogP contribution in [0.2, 0.25) is 0 Å². The molecule has 7 nitrogen and oxygen atoms in total. The minimum atomic E-state index is -0.329. The van der Waals surface area contributed by atoms with E-state index in [0.29, 0.717) is 23.9 Å². The van der Waals surface area contributed by atoms with E-state index >= 15 is 0 Å². The minimum absolute atomic E-state index is 0.271. The largest absolute Gasteiger partial charge is 0.497 e. The lowest BCUT2D eigenvalue weighted by Crippen LogP contribution is -2.16. The Morgan fingerprint density at radius 1 is 1.00 bits per heavy atom. The number of amides is 1. The number of nitrogens with one attached hydrogen (secondary N) is 2. The summed E-state index contributed by atoms with van der Waals surface area (Å²) in [6.07, 6.45) is 2.35. The number of benzene rings is 2. The zero-order valence-electron chi connectivity index (χ0n) is 15.8. The maximum absolute atomic E-state index is 12.5. The Hall–Kier alpha value is -3.61. The van der Waals surface area contributed by atoms with Gasteiger partial charge in [0.15, 0.2) is 0 Å². The Morgan fingerprint density at radius 2 is 1.79 bits per heavy atom. The van der Waals surface area contributed by atoms with Crippen molar-refractivity contribution >= 4 is 17.5 Å². The first kappa shape index (κ1) is 19.2. The molecule has 3 rings (SSSR count). The summed E-state index contributed by atoms with van der Waals surface area (Å²) < 4.78 is 10.4. The first-order valence-corrected chi connectivity index (χ1v) is 8.84. The Balaban J connectivity index is 1.59. The Kier molecular flexibility index (Phi) is 6.41. The molecule has 28 heavy (non-hydrogen) atoms. The Labute approximate surface area is 163 Å². The van der Waals surface area contributed by atoms with Crippen molar-refractivity contribution in [1.82, 2.24) is 9.97 Å². The van der Waals surface area contributed by atoms with Crippen molar-refractivity contribution in [2.24, 2.45) is 0 Å². The highest BCUT2D eigenvalue weighted by Gasteiger charge is 2.11. The number of methoxy groups -OCH3 is 2. The number of aromatic nitrogens is 2. The third kappa shape index (κ3) is 4.97. The fraction of sp³-hybridized carbons (Fsp3) is 0.190. The second kappa shape index (κ2) is 9.36. The third-order valence-corrected chi connectivity index (χ3v) is 4.10. The fourth-order valence-electron chi connectivity index (χ4n) is 2.62. The molecule has 0 spiro atoms. The number of carbonyl (C=O) groups excluding carboxylic acids is 1. The molecule has 144 valence electrons. The number of hydrogen-bond donors (Lipinski definition) is 2. The molecular formula is C21H22N4O3. The van der Waals surface area contributed by atoms with Gasteiger partial charge < -0.3 is 20.1 Å². The number of anilines is 2. The zero-order chi connectivity index (χ0) is 19.8. The molecule has 0 radical (unpaired) electrons. The Morgan fingerprint density at radius 3 is 2.54 bits per heavy atom. The number of carbonyl (C=O) groups is 1. The van der Waals surface area contributed by atoms with Gasteiger partial charge in [0.05, 0.1) is 19.9 Å². The van der Waals surface area contributed by atoms with E-state index in [4.69, 9.17) is 9.47 Å². The number of nitrogens with zero attached hydrogens (tertiary/aromatic N) is 2. The van der Waals surface area contributed by atoms with Crippen LogP contribution in [0.25, 0.3) is 0 Å². The Bertz CT molecular complexity index is 929. The van der Waals surface area contributed by atoms with Gasteiger partial charge in [-0.3, -0.25) is 4.79 Å². The maximum Gasteiger partial charge on any atom is 0.274 e. The van der Waals surface area contributed by atoms with Gasteiger partial charge in [0.2, 0.25) is 5.95 Å². The van der Waals surface area contributed by atoms with Crippen molar-refractivity contribution in [1.29, 1.82) is 0 Å². The lowest BCUT2D eigenvalue weighted by molar-refractivity contribution is 0.102. The number of hydrogen-bond acceptors (Lipinski definition) is 6. The molecule has 7 heteroatoms. The number of para-hydroxylation sites is 2. The van der Waals surface area contributed by atoms with Crippen LogP contribution < -0.4 is 20.1 Å². The van der Waals surface area contributed by atoms with Crippen molar-refractivity contribution in [3.8, 4) is 11.5 Å². The maximum atomic E-state index is 12.5. The lowest BCUT2D eigenvalue weighted by atomic mass is 10.1. The monoisotopic (exact) mass is 378 g/mol. The summed E-state index contributed by atoms with van der Waals surface area (Å²) in [5.74, 6) is 1.49. The molecule has 2 N–H and O–H groups in total. The van der Waals surface area contributed by atoms with E-state index in [2.05, 4.69) is 20.6 Å². The van der Waals surface area contributed by atoms with Crippen molar-refractivity contribution < 1.29 is 14.3 Å². The highest BCUT2D eigenvalue weighted by molar-refractivity contribution is 6.03. The van der Waals surface area contributed by atoms with Gasteiger partial charge in [0, 0.05) is 12.7 Å². The van der Waals surface area contributed by atoms with Crippen molar-refractivity contribution in [2.45, 2.75) is 6.42 Å². The molecule has 0 unspecified atom stereocenters. The van der Waals surface area contributed by atoms with E-state index in [1.165, 1.54) is 5.56 Å². The van der Waals surface area contributed by atoms with E-state index in [1.54, 1.807) is 38.6 Å². The molecule has 1 aromatic heterocycles. The topological polar surface area (TPSA) is 85.4 Å². The molecule has 3 aromatic rings. The van der Waals surface area contributed by atoms with E-state index in [9.17, 15) is 4.79 Å². The number of rotatable bonds is 8. The van der Waals surface area contributed by atoms with Gasteiger partial charge in [0.1, 0.15) is 17.2 Å². The second-order valence-corrected chi connectivity index (χ2v) is 5.94. The summed E-state index contributed by atoms with van der Waals surface area (Å²) in [7, 11) is 3.20. The summed E-state index contributed by atoms with van der Waals surface area (Å²) in [5.41, 5.74) is 2.02. The van der Waals surface area contributed by atoms with Gasteiger partial charge in [0.25, 0.3) is 5.91 Å². The minimum Gasteiger partial charge on any atom is -0.497 e. The van der Waals surface area contributed by atoms with E-state index in [-0.39, 0.29) is 11.6 Å². The van der Waals surface area contributed by atoms with Crippen LogP contribution in [0.4, 0.5) is 11.6 Å². The molecule has 1 amide bonds. The quantitative estimate of drug-likeness (QED) is 0.625. The standard InChI is InChI=1S/C21H22N4O3/c1-27-16-9-7-15(8-10-16)11-13-22-21-23-14-12-18(25-21)20(26)24-17-5-3-4-6-19(17)28-2/h3-10,12,14H,11,13H2,1-2H3,(H,24,26)(H,22,23,25). The molecular weight excluding hydrogens is 356 g/mol. The summed E-state index contributed by atoms with van der Waals surface area (Å²) in [4.78, 5) is 21.0. The van der Waals surface area contributed by atoms with Crippen LogP contribution in [-0.4, -0.2) is 36.6 Å². The van der Waals surface area contributed by atoms with E-state index < -0.39 is 0 Å². The normalized spacial score (nSPS) is 10.2. The smallest absolute Gasteiger partial charge is 0.274 e.